The van der Waals surface area contributed by atoms with Gasteiger partial charge in [-0.25, -0.2) is 4.98 Å². The first kappa shape index (κ1) is 20.3. The molecule has 5 nitrogen and oxygen atoms in total. The van der Waals surface area contributed by atoms with E-state index in [4.69, 9.17) is 9.72 Å². The number of imidazole rings is 1. The Hall–Kier alpha value is -3.60. The maximum atomic E-state index is 12.8. The van der Waals surface area contributed by atoms with Gasteiger partial charge in [-0.05, 0) is 36.2 Å². The van der Waals surface area contributed by atoms with Gasteiger partial charge in [0.1, 0.15) is 11.6 Å². The van der Waals surface area contributed by atoms with Crippen molar-refractivity contribution in [1.82, 2.24) is 14.5 Å². The monoisotopic (exact) mass is 425 g/mol. The molecule has 0 aliphatic carbocycles. The average Bonchev–Trinajstić information content (AvgIpc) is 3.38. The molecule has 1 atom stereocenters. The highest BCUT2D eigenvalue weighted by Gasteiger charge is 2.33. The number of amides is 1. The molecule has 32 heavy (non-hydrogen) atoms. The van der Waals surface area contributed by atoms with E-state index in [-0.39, 0.29) is 11.8 Å². The Morgan fingerprint density at radius 2 is 1.62 bits per heavy atom. The fourth-order valence-corrected chi connectivity index (χ4v) is 4.47. The molecular weight excluding hydrogens is 398 g/mol. The van der Waals surface area contributed by atoms with Crippen LogP contribution in [0.15, 0.2) is 84.9 Å². The molecule has 1 aliphatic heterocycles. The molecule has 1 saturated heterocycles. The van der Waals surface area contributed by atoms with Gasteiger partial charge in [0.25, 0.3) is 0 Å². The number of nitrogens with zero attached hydrogens (tertiary/aromatic N) is 3. The number of carbonyl (C=O) groups is 1. The van der Waals surface area contributed by atoms with Crippen LogP contribution in [0.5, 0.6) is 5.75 Å². The molecule has 162 valence electrons. The number of aryl methyl sites for hydroxylation is 1. The Bertz CT molecular complexity index is 1190. The molecule has 5 rings (SSSR count). The van der Waals surface area contributed by atoms with Crippen molar-refractivity contribution in [2.75, 3.05) is 13.2 Å². The van der Waals surface area contributed by atoms with E-state index in [0.717, 1.165) is 41.1 Å². The summed E-state index contributed by atoms with van der Waals surface area (Å²) in [5.74, 6) is 2.20. The largest absolute Gasteiger partial charge is 0.494 e. The van der Waals surface area contributed by atoms with Crippen molar-refractivity contribution in [3.8, 4) is 5.75 Å². The quantitative estimate of drug-likeness (QED) is 0.372. The van der Waals surface area contributed by atoms with Gasteiger partial charge in [0.05, 0.1) is 17.6 Å². The van der Waals surface area contributed by atoms with Crippen LogP contribution < -0.4 is 4.74 Å². The fourth-order valence-electron chi connectivity index (χ4n) is 4.47. The number of likely N-dealkylation sites (tertiary alicyclic amines) is 1. The average molecular weight is 426 g/mol. The number of carbonyl (C=O) groups excluding carboxylic acids is 1. The highest BCUT2D eigenvalue weighted by Crippen LogP contribution is 2.31. The van der Waals surface area contributed by atoms with Crippen molar-refractivity contribution in [2.24, 2.45) is 0 Å². The van der Waals surface area contributed by atoms with Crippen molar-refractivity contribution >= 4 is 16.9 Å². The number of rotatable bonds is 8. The molecule has 0 spiro atoms. The fraction of sp³-hybridized carbons (Fsp3) is 0.259. The molecule has 0 unspecified atom stereocenters. The van der Waals surface area contributed by atoms with Gasteiger partial charge >= 0.3 is 0 Å². The Balaban J connectivity index is 1.31. The molecule has 3 aromatic carbocycles. The third-order valence-corrected chi connectivity index (χ3v) is 6.02. The van der Waals surface area contributed by atoms with Crippen molar-refractivity contribution in [2.45, 2.75) is 31.8 Å². The second-order valence-corrected chi connectivity index (χ2v) is 8.29. The molecule has 0 radical (unpaired) electrons. The summed E-state index contributed by atoms with van der Waals surface area (Å²) in [4.78, 5) is 19.7. The van der Waals surface area contributed by atoms with Gasteiger partial charge in [0, 0.05) is 32.0 Å². The lowest BCUT2D eigenvalue weighted by Crippen LogP contribution is -2.24. The third-order valence-electron chi connectivity index (χ3n) is 6.02. The molecule has 1 fully saturated rings. The topological polar surface area (TPSA) is 47.4 Å². The number of hydrogen-bond acceptors (Lipinski definition) is 3. The molecule has 1 amide bonds. The number of para-hydroxylation sites is 3. The summed E-state index contributed by atoms with van der Waals surface area (Å²) in [6.45, 7) is 2.81. The van der Waals surface area contributed by atoms with Crippen LogP contribution in [0, 0.1) is 0 Å². The SMILES string of the molecule is O=C1C[C@H](c2nc3ccccc3n2CCCOc2ccccc2)CN1Cc1ccccc1. The maximum Gasteiger partial charge on any atom is 0.223 e. The van der Waals surface area contributed by atoms with Gasteiger partial charge in [-0.2, -0.15) is 0 Å². The first-order chi connectivity index (χ1) is 15.8. The van der Waals surface area contributed by atoms with E-state index in [1.165, 1.54) is 0 Å². The van der Waals surface area contributed by atoms with E-state index in [1.807, 2.05) is 71.6 Å². The molecule has 4 aromatic rings. The molecule has 0 bridgehead atoms. The first-order valence-corrected chi connectivity index (χ1v) is 11.2. The molecule has 0 N–H and O–H groups in total. The number of fused-ring (bicyclic) bond motifs is 1. The zero-order valence-electron chi connectivity index (χ0n) is 18.1. The first-order valence-electron chi connectivity index (χ1n) is 11.2. The zero-order valence-corrected chi connectivity index (χ0v) is 18.1. The summed E-state index contributed by atoms with van der Waals surface area (Å²) >= 11 is 0. The van der Waals surface area contributed by atoms with Crippen LogP contribution in [-0.2, 0) is 17.9 Å². The van der Waals surface area contributed by atoms with Crippen molar-refractivity contribution in [3.63, 3.8) is 0 Å². The zero-order chi connectivity index (χ0) is 21.8. The summed E-state index contributed by atoms with van der Waals surface area (Å²) in [5.41, 5.74) is 3.27. The summed E-state index contributed by atoms with van der Waals surface area (Å²) in [6, 6.07) is 28.3. The van der Waals surface area contributed by atoms with Gasteiger partial charge in [-0.1, -0.05) is 60.7 Å². The van der Waals surface area contributed by atoms with E-state index in [9.17, 15) is 4.79 Å². The smallest absolute Gasteiger partial charge is 0.223 e. The summed E-state index contributed by atoms with van der Waals surface area (Å²) in [5, 5.41) is 0. The number of hydrogen-bond donors (Lipinski definition) is 0. The van der Waals surface area contributed by atoms with Gasteiger partial charge in [-0.3, -0.25) is 4.79 Å². The number of aromatic nitrogens is 2. The van der Waals surface area contributed by atoms with E-state index in [2.05, 4.69) is 22.8 Å². The van der Waals surface area contributed by atoms with Crippen LogP contribution in [0.1, 0.15) is 30.1 Å². The lowest BCUT2D eigenvalue weighted by Gasteiger charge is -2.17. The minimum atomic E-state index is 0.105. The van der Waals surface area contributed by atoms with E-state index < -0.39 is 0 Å². The van der Waals surface area contributed by atoms with Gasteiger partial charge in [0.2, 0.25) is 5.91 Å². The van der Waals surface area contributed by atoms with E-state index in [0.29, 0.717) is 26.1 Å². The van der Waals surface area contributed by atoms with E-state index >= 15 is 0 Å². The molecule has 0 saturated carbocycles. The lowest BCUT2D eigenvalue weighted by atomic mass is 10.1. The predicted octanol–water partition coefficient (Wildman–Crippen LogP) is 5.02. The van der Waals surface area contributed by atoms with Crippen LogP contribution >= 0.6 is 0 Å². The highest BCUT2D eigenvalue weighted by molar-refractivity contribution is 5.81. The second kappa shape index (κ2) is 9.27. The maximum absolute atomic E-state index is 12.8. The lowest BCUT2D eigenvalue weighted by molar-refractivity contribution is -0.128. The Labute approximate surface area is 188 Å². The van der Waals surface area contributed by atoms with Crippen LogP contribution in [0.2, 0.25) is 0 Å². The van der Waals surface area contributed by atoms with Crippen LogP contribution in [-0.4, -0.2) is 33.5 Å². The third kappa shape index (κ3) is 4.37. The van der Waals surface area contributed by atoms with Crippen LogP contribution in [0.25, 0.3) is 11.0 Å². The van der Waals surface area contributed by atoms with Crippen molar-refractivity contribution in [3.05, 3.63) is 96.3 Å². The van der Waals surface area contributed by atoms with E-state index in [1.54, 1.807) is 0 Å². The standard InChI is InChI=1S/C27H27N3O2/c31-26-18-22(20-29(26)19-21-10-3-1-4-11-21)27-28-24-14-7-8-15-25(24)30(27)16-9-17-32-23-12-5-2-6-13-23/h1-8,10-15,22H,9,16-20H2/t22-/m0/s1. The molecule has 5 heteroatoms. The second-order valence-electron chi connectivity index (χ2n) is 8.29. The van der Waals surface area contributed by atoms with Crippen LogP contribution in [0.3, 0.4) is 0 Å². The van der Waals surface area contributed by atoms with Gasteiger partial charge < -0.3 is 14.2 Å². The minimum Gasteiger partial charge on any atom is -0.494 e. The minimum absolute atomic E-state index is 0.105. The Morgan fingerprint density at radius 1 is 0.906 bits per heavy atom. The summed E-state index contributed by atoms with van der Waals surface area (Å²) < 4.78 is 8.17. The molecule has 1 aromatic heterocycles. The summed E-state index contributed by atoms with van der Waals surface area (Å²) in [6.07, 6.45) is 1.38. The molecular formula is C27H27N3O2. The normalized spacial score (nSPS) is 16.1. The number of ether oxygens (including phenoxy) is 1. The Morgan fingerprint density at radius 3 is 2.44 bits per heavy atom. The number of benzene rings is 3. The Kier molecular flexibility index (Phi) is 5.88. The van der Waals surface area contributed by atoms with Gasteiger partial charge in [0.15, 0.2) is 0 Å². The van der Waals surface area contributed by atoms with Crippen molar-refractivity contribution < 1.29 is 9.53 Å². The predicted molar refractivity (Wildman–Crippen MR) is 126 cm³/mol. The van der Waals surface area contributed by atoms with Crippen LogP contribution in [0.4, 0.5) is 0 Å². The molecule has 2 heterocycles. The van der Waals surface area contributed by atoms with Crippen molar-refractivity contribution in [1.29, 1.82) is 0 Å². The summed E-state index contributed by atoms with van der Waals surface area (Å²) in [7, 11) is 0. The highest BCUT2D eigenvalue weighted by atomic mass is 16.5. The molecule has 1 aliphatic rings. The van der Waals surface area contributed by atoms with Gasteiger partial charge in [-0.15, -0.1) is 0 Å².